The highest BCUT2D eigenvalue weighted by atomic mass is 19.4. The molecule has 0 saturated carbocycles. The van der Waals surface area contributed by atoms with Crippen LogP contribution in [0.4, 0.5) is 13.2 Å². The molecule has 0 aromatic heterocycles. The van der Waals surface area contributed by atoms with Crippen molar-refractivity contribution in [2.75, 3.05) is 0 Å². The van der Waals surface area contributed by atoms with E-state index in [0.29, 0.717) is 19.3 Å². The van der Waals surface area contributed by atoms with E-state index in [9.17, 15) is 13.2 Å². The number of unbranched alkanes of at least 4 members (excludes halogenated alkanes) is 2. The molecule has 0 spiro atoms. The van der Waals surface area contributed by atoms with Crippen LogP contribution in [-0.2, 0) is 0 Å². The van der Waals surface area contributed by atoms with Gasteiger partial charge < -0.3 is 5.11 Å². The third-order valence-electron chi connectivity index (χ3n) is 1.51. The highest BCUT2D eigenvalue weighted by Crippen LogP contribution is 2.23. The van der Waals surface area contributed by atoms with Crippen molar-refractivity contribution in [3.05, 3.63) is 12.7 Å². The second kappa shape index (κ2) is 5.19. The Labute approximate surface area is 69.9 Å². The van der Waals surface area contributed by atoms with Gasteiger partial charge in [0.25, 0.3) is 0 Å². The first-order valence-electron chi connectivity index (χ1n) is 3.84. The van der Waals surface area contributed by atoms with Crippen LogP contribution in [0.1, 0.15) is 25.7 Å². The molecular formula is C8H13F3O. The summed E-state index contributed by atoms with van der Waals surface area (Å²) in [6.07, 6.45) is -3.46. The summed E-state index contributed by atoms with van der Waals surface area (Å²) in [5.74, 6) is 0. The van der Waals surface area contributed by atoms with E-state index in [1.54, 1.807) is 6.08 Å². The largest absolute Gasteiger partial charge is 0.414 e. The Morgan fingerprint density at radius 2 is 1.92 bits per heavy atom. The molecule has 0 aliphatic rings. The normalized spacial score (nSPS) is 14.3. The molecule has 1 N–H and O–H groups in total. The van der Waals surface area contributed by atoms with Crippen LogP contribution in [0.3, 0.4) is 0 Å². The van der Waals surface area contributed by atoms with Crippen LogP contribution in [0.2, 0.25) is 0 Å². The summed E-state index contributed by atoms with van der Waals surface area (Å²) in [7, 11) is 0. The number of aliphatic hydroxyl groups excluding tert-OH is 1. The molecule has 1 nitrogen and oxygen atoms in total. The molecular weight excluding hydrogens is 169 g/mol. The van der Waals surface area contributed by atoms with Gasteiger partial charge >= 0.3 is 6.18 Å². The molecule has 1 atom stereocenters. The minimum Gasteiger partial charge on any atom is -0.384 e. The molecule has 72 valence electrons. The van der Waals surface area contributed by atoms with Gasteiger partial charge in [0, 0.05) is 0 Å². The van der Waals surface area contributed by atoms with Gasteiger partial charge in [0.2, 0.25) is 0 Å². The van der Waals surface area contributed by atoms with Gasteiger partial charge in [-0.15, -0.1) is 6.58 Å². The molecule has 0 bridgehead atoms. The van der Waals surface area contributed by atoms with Crippen molar-refractivity contribution in [1.82, 2.24) is 0 Å². The second-order valence-electron chi connectivity index (χ2n) is 2.63. The van der Waals surface area contributed by atoms with E-state index in [0.717, 1.165) is 0 Å². The average Bonchev–Trinajstić information content (AvgIpc) is 1.96. The van der Waals surface area contributed by atoms with Crippen molar-refractivity contribution in [2.24, 2.45) is 0 Å². The number of halogens is 3. The van der Waals surface area contributed by atoms with Crippen LogP contribution in [0.15, 0.2) is 12.7 Å². The lowest BCUT2D eigenvalue weighted by Crippen LogP contribution is -2.28. The van der Waals surface area contributed by atoms with E-state index in [-0.39, 0.29) is 6.42 Å². The number of hydrogen-bond donors (Lipinski definition) is 1. The zero-order chi connectivity index (χ0) is 9.61. The summed E-state index contributed by atoms with van der Waals surface area (Å²) in [4.78, 5) is 0. The quantitative estimate of drug-likeness (QED) is 0.512. The predicted octanol–water partition coefficient (Wildman–Crippen LogP) is 2.66. The molecule has 0 aliphatic carbocycles. The smallest absolute Gasteiger partial charge is 0.384 e. The van der Waals surface area contributed by atoms with Crippen LogP contribution in [0, 0.1) is 0 Å². The Hall–Kier alpha value is -0.510. The third kappa shape index (κ3) is 5.18. The summed E-state index contributed by atoms with van der Waals surface area (Å²) in [5, 5.41) is 8.53. The lowest BCUT2D eigenvalue weighted by molar-refractivity contribution is -0.205. The van der Waals surface area contributed by atoms with Gasteiger partial charge in [0.05, 0.1) is 0 Å². The van der Waals surface area contributed by atoms with Gasteiger partial charge in [0.15, 0.2) is 0 Å². The minimum atomic E-state index is -4.46. The van der Waals surface area contributed by atoms with Crippen molar-refractivity contribution in [2.45, 2.75) is 38.0 Å². The van der Waals surface area contributed by atoms with Crippen molar-refractivity contribution in [1.29, 1.82) is 0 Å². The Bertz CT molecular complexity index is 131. The first-order valence-corrected chi connectivity index (χ1v) is 3.84. The fraction of sp³-hybridized carbons (Fsp3) is 0.750. The minimum absolute atomic E-state index is 0.211. The molecule has 0 amide bonds. The highest BCUT2D eigenvalue weighted by Gasteiger charge is 2.37. The van der Waals surface area contributed by atoms with Crippen LogP contribution in [-0.4, -0.2) is 17.4 Å². The summed E-state index contributed by atoms with van der Waals surface area (Å²) in [6.45, 7) is 3.44. The van der Waals surface area contributed by atoms with Gasteiger partial charge in [-0.1, -0.05) is 12.5 Å². The SMILES string of the molecule is C=CCCCCC(O)C(F)(F)F. The Balaban J connectivity index is 3.44. The fourth-order valence-corrected chi connectivity index (χ4v) is 0.790. The molecule has 0 fully saturated rings. The zero-order valence-electron chi connectivity index (χ0n) is 6.77. The predicted molar refractivity (Wildman–Crippen MR) is 40.7 cm³/mol. The van der Waals surface area contributed by atoms with Gasteiger partial charge in [-0.3, -0.25) is 0 Å². The monoisotopic (exact) mass is 182 g/mol. The van der Waals surface area contributed by atoms with Crippen LogP contribution >= 0.6 is 0 Å². The van der Waals surface area contributed by atoms with Crippen molar-refractivity contribution in [3.8, 4) is 0 Å². The van der Waals surface area contributed by atoms with E-state index in [1.165, 1.54) is 0 Å². The van der Waals surface area contributed by atoms with E-state index in [4.69, 9.17) is 5.11 Å². The number of allylic oxidation sites excluding steroid dienone is 1. The molecule has 4 heteroatoms. The molecule has 0 aromatic rings. The third-order valence-corrected chi connectivity index (χ3v) is 1.51. The van der Waals surface area contributed by atoms with E-state index in [2.05, 4.69) is 6.58 Å². The molecule has 0 rings (SSSR count). The Morgan fingerprint density at radius 3 is 2.33 bits per heavy atom. The van der Waals surface area contributed by atoms with Crippen LogP contribution in [0.5, 0.6) is 0 Å². The Kier molecular flexibility index (Phi) is 4.97. The second-order valence-corrected chi connectivity index (χ2v) is 2.63. The standard InChI is InChI=1S/C8H13F3O/c1-2-3-4-5-6-7(12)8(9,10)11/h2,7,12H,1,3-6H2. The zero-order valence-corrected chi connectivity index (χ0v) is 6.77. The maximum atomic E-state index is 11.7. The van der Waals surface area contributed by atoms with Gasteiger partial charge in [-0.2, -0.15) is 13.2 Å². The number of alkyl halides is 3. The lowest BCUT2D eigenvalue weighted by Gasteiger charge is -2.13. The van der Waals surface area contributed by atoms with E-state index in [1.807, 2.05) is 0 Å². The maximum Gasteiger partial charge on any atom is 0.414 e. The van der Waals surface area contributed by atoms with Crippen molar-refractivity contribution >= 4 is 0 Å². The summed E-state index contributed by atoms with van der Waals surface area (Å²) in [6, 6.07) is 0. The van der Waals surface area contributed by atoms with Crippen molar-refractivity contribution in [3.63, 3.8) is 0 Å². The van der Waals surface area contributed by atoms with Gasteiger partial charge in [-0.05, 0) is 19.3 Å². The first kappa shape index (κ1) is 11.5. The molecule has 0 radical (unpaired) electrons. The number of aliphatic hydroxyl groups is 1. The van der Waals surface area contributed by atoms with Gasteiger partial charge in [-0.25, -0.2) is 0 Å². The molecule has 1 unspecified atom stereocenters. The summed E-state index contributed by atoms with van der Waals surface area (Å²) < 4.78 is 35.1. The van der Waals surface area contributed by atoms with Crippen LogP contribution in [0.25, 0.3) is 0 Å². The fourth-order valence-electron chi connectivity index (χ4n) is 0.790. The maximum absolute atomic E-state index is 11.7. The molecule has 0 saturated heterocycles. The molecule has 12 heavy (non-hydrogen) atoms. The Morgan fingerprint density at radius 1 is 1.33 bits per heavy atom. The molecule has 0 aromatic carbocycles. The first-order chi connectivity index (χ1) is 5.48. The number of hydrogen-bond acceptors (Lipinski definition) is 1. The molecule has 0 heterocycles. The molecule has 0 aliphatic heterocycles. The number of rotatable bonds is 5. The lowest BCUT2D eigenvalue weighted by atomic mass is 10.1. The average molecular weight is 182 g/mol. The van der Waals surface area contributed by atoms with Crippen LogP contribution < -0.4 is 0 Å². The summed E-state index contributed by atoms with van der Waals surface area (Å²) >= 11 is 0. The van der Waals surface area contributed by atoms with E-state index < -0.39 is 12.3 Å². The van der Waals surface area contributed by atoms with Crippen molar-refractivity contribution < 1.29 is 18.3 Å². The highest BCUT2D eigenvalue weighted by molar-refractivity contribution is 4.68. The topological polar surface area (TPSA) is 20.2 Å². The van der Waals surface area contributed by atoms with Gasteiger partial charge in [0.1, 0.15) is 6.10 Å². The summed E-state index contributed by atoms with van der Waals surface area (Å²) in [5.41, 5.74) is 0. The van der Waals surface area contributed by atoms with E-state index >= 15 is 0 Å².